The first kappa shape index (κ1) is 15.9. The summed E-state index contributed by atoms with van der Waals surface area (Å²) in [6, 6.07) is 7.31. The van der Waals surface area contributed by atoms with Gasteiger partial charge in [-0.15, -0.1) is 0 Å². The molecule has 0 aliphatic heterocycles. The lowest BCUT2D eigenvalue weighted by atomic mass is 10.1. The molecule has 1 amide bonds. The van der Waals surface area contributed by atoms with Crippen molar-refractivity contribution in [1.82, 2.24) is 0 Å². The third-order valence-corrected chi connectivity index (χ3v) is 3.31. The van der Waals surface area contributed by atoms with E-state index in [1.807, 2.05) is 32.9 Å². The van der Waals surface area contributed by atoms with E-state index in [1.165, 1.54) is 6.07 Å². The van der Waals surface area contributed by atoms with Gasteiger partial charge in [-0.3, -0.25) is 4.79 Å². The first-order valence-corrected chi connectivity index (χ1v) is 6.93. The Hall–Kier alpha value is -2.43. The zero-order chi connectivity index (χ0) is 16.3. The Morgan fingerprint density at radius 1 is 1.00 bits per heavy atom. The van der Waals surface area contributed by atoms with Crippen LogP contribution in [0.4, 0.5) is 20.2 Å². The zero-order valence-electron chi connectivity index (χ0n) is 12.8. The summed E-state index contributed by atoms with van der Waals surface area (Å²) in [6.07, 6.45) is 0. The number of carbonyl (C=O) groups excluding carboxylic acids is 1. The molecular formula is C17H18F2N2O. The predicted octanol–water partition coefficient (Wildman–Crippen LogP) is 3.94. The highest BCUT2D eigenvalue weighted by Gasteiger charge is 2.08. The van der Waals surface area contributed by atoms with Gasteiger partial charge in [-0.25, -0.2) is 8.78 Å². The Balaban J connectivity index is 2.00. The van der Waals surface area contributed by atoms with Crippen molar-refractivity contribution < 1.29 is 13.6 Å². The summed E-state index contributed by atoms with van der Waals surface area (Å²) in [6.45, 7) is 5.99. The van der Waals surface area contributed by atoms with E-state index < -0.39 is 11.6 Å². The second-order valence-corrected chi connectivity index (χ2v) is 5.30. The van der Waals surface area contributed by atoms with E-state index in [-0.39, 0.29) is 18.1 Å². The van der Waals surface area contributed by atoms with E-state index in [4.69, 9.17) is 0 Å². The highest BCUT2D eigenvalue weighted by molar-refractivity contribution is 5.93. The smallest absolute Gasteiger partial charge is 0.243 e. The molecule has 2 rings (SSSR count). The van der Waals surface area contributed by atoms with Gasteiger partial charge < -0.3 is 10.6 Å². The number of amides is 1. The zero-order valence-corrected chi connectivity index (χ0v) is 12.8. The molecule has 2 aromatic carbocycles. The van der Waals surface area contributed by atoms with Crippen LogP contribution in [-0.2, 0) is 4.79 Å². The first-order chi connectivity index (χ1) is 10.4. The van der Waals surface area contributed by atoms with Gasteiger partial charge in [-0.2, -0.15) is 0 Å². The standard InChI is InChI=1S/C17H18F2N2O/c1-10-6-11(2)17(12(3)7-10)20-9-16(22)21-13-4-5-14(18)15(19)8-13/h4-8,20H,9H2,1-3H3,(H,21,22). The van der Waals surface area contributed by atoms with Crippen molar-refractivity contribution in [3.63, 3.8) is 0 Å². The first-order valence-electron chi connectivity index (χ1n) is 6.93. The van der Waals surface area contributed by atoms with Gasteiger partial charge in [0, 0.05) is 17.4 Å². The lowest BCUT2D eigenvalue weighted by Crippen LogP contribution is -2.22. The maximum Gasteiger partial charge on any atom is 0.243 e. The van der Waals surface area contributed by atoms with E-state index in [0.717, 1.165) is 34.5 Å². The summed E-state index contributed by atoms with van der Waals surface area (Å²) < 4.78 is 25.9. The van der Waals surface area contributed by atoms with Gasteiger partial charge in [-0.1, -0.05) is 17.7 Å². The summed E-state index contributed by atoms with van der Waals surface area (Å²) in [5.41, 5.74) is 4.40. The van der Waals surface area contributed by atoms with Gasteiger partial charge in [0.05, 0.1) is 6.54 Å². The Kier molecular flexibility index (Phi) is 4.75. The number of rotatable bonds is 4. The molecule has 0 aliphatic carbocycles. The van der Waals surface area contributed by atoms with Crippen LogP contribution >= 0.6 is 0 Å². The van der Waals surface area contributed by atoms with Gasteiger partial charge in [0.1, 0.15) is 0 Å². The van der Waals surface area contributed by atoms with Crippen LogP contribution in [0.3, 0.4) is 0 Å². The van der Waals surface area contributed by atoms with E-state index >= 15 is 0 Å². The van der Waals surface area contributed by atoms with Crippen LogP contribution < -0.4 is 10.6 Å². The van der Waals surface area contributed by atoms with Crippen LogP contribution in [0.5, 0.6) is 0 Å². The lowest BCUT2D eigenvalue weighted by Gasteiger charge is -2.14. The van der Waals surface area contributed by atoms with Crippen molar-refractivity contribution in [2.45, 2.75) is 20.8 Å². The van der Waals surface area contributed by atoms with Gasteiger partial charge in [-0.05, 0) is 44.0 Å². The molecule has 2 N–H and O–H groups in total. The van der Waals surface area contributed by atoms with Crippen molar-refractivity contribution in [1.29, 1.82) is 0 Å². The molecule has 0 spiro atoms. The monoisotopic (exact) mass is 304 g/mol. The molecule has 22 heavy (non-hydrogen) atoms. The minimum Gasteiger partial charge on any atom is -0.376 e. The van der Waals surface area contributed by atoms with Crippen molar-refractivity contribution >= 4 is 17.3 Å². The summed E-state index contributed by atoms with van der Waals surface area (Å²) in [7, 11) is 0. The number of benzene rings is 2. The summed E-state index contributed by atoms with van der Waals surface area (Å²) >= 11 is 0. The van der Waals surface area contributed by atoms with Gasteiger partial charge in [0.25, 0.3) is 0 Å². The van der Waals surface area contributed by atoms with E-state index in [2.05, 4.69) is 10.6 Å². The van der Waals surface area contributed by atoms with Crippen molar-refractivity contribution in [2.24, 2.45) is 0 Å². The molecule has 5 heteroatoms. The largest absolute Gasteiger partial charge is 0.376 e. The SMILES string of the molecule is Cc1cc(C)c(NCC(=O)Nc2ccc(F)c(F)c2)c(C)c1. The van der Waals surface area contributed by atoms with Crippen LogP contribution in [-0.4, -0.2) is 12.5 Å². The molecule has 0 saturated heterocycles. The van der Waals surface area contributed by atoms with Gasteiger partial charge in [0.15, 0.2) is 11.6 Å². The second kappa shape index (κ2) is 6.56. The normalized spacial score (nSPS) is 10.4. The van der Waals surface area contributed by atoms with Crippen LogP contribution in [0.15, 0.2) is 30.3 Å². The Bertz CT molecular complexity index is 691. The number of hydrogen-bond donors (Lipinski definition) is 2. The molecule has 0 unspecified atom stereocenters. The Labute approximate surface area is 128 Å². The number of anilines is 2. The average Bonchev–Trinajstić information content (AvgIpc) is 2.41. The third-order valence-electron chi connectivity index (χ3n) is 3.31. The van der Waals surface area contributed by atoms with Crippen LogP contribution in [0.25, 0.3) is 0 Å². The molecule has 0 aromatic heterocycles. The van der Waals surface area contributed by atoms with Crippen LogP contribution in [0.1, 0.15) is 16.7 Å². The third kappa shape index (κ3) is 3.81. The van der Waals surface area contributed by atoms with Gasteiger partial charge >= 0.3 is 0 Å². The van der Waals surface area contributed by atoms with Gasteiger partial charge in [0.2, 0.25) is 5.91 Å². The fraction of sp³-hybridized carbons (Fsp3) is 0.235. The topological polar surface area (TPSA) is 41.1 Å². The maximum atomic E-state index is 13.1. The minimum atomic E-state index is -0.990. The van der Waals surface area contributed by atoms with Crippen molar-refractivity contribution in [3.05, 3.63) is 58.7 Å². The lowest BCUT2D eigenvalue weighted by molar-refractivity contribution is -0.114. The maximum absolute atomic E-state index is 13.1. The molecule has 0 fully saturated rings. The molecule has 0 radical (unpaired) electrons. The highest BCUT2D eigenvalue weighted by atomic mass is 19.2. The molecule has 116 valence electrons. The summed E-state index contributed by atoms with van der Waals surface area (Å²) in [5, 5.41) is 5.60. The van der Waals surface area contributed by atoms with Crippen LogP contribution in [0, 0.1) is 32.4 Å². The number of halogens is 2. The molecule has 3 nitrogen and oxygen atoms in total. The highest BCUT2D eigenvalue weighted by Crippen LogP contribution is 2.21. The summed E-state index contributed by atoms with van der Waals surface area (Å²) in [5.74, 6) is -2.26. The number of carbonyl (C=O) groups is 1. The molecule has 0 heterocycles. The van der Waals surface area contributed by atoms with E-state index in [0.29, 0.717) is 0 Å². The van der Waals surface area contributed by atoms with Crippen molar-refractivity contribution in [2.75, 3.05) is 17.2 Å². The molecule has 2 aromatic rings. The predicted molar refractivity (Wildman–Crippen MR) is 84.1 cm³/mol. The number of nitrogens with one attached hydrogen (secondary N) is 2. The Morgan fingerprint density at radius 2 is 1.64 bits per heavy atom. The number of hydrogen-bond acceptors (Lipinski definition) is 2. The molecule has 0 bridgehead atoms. The quantitative estimate of drug-likeness (QED) is 0.898. The Morgan fingerprint density at radius 3 is 2.23 bits per heavy atom. The average molecular weight is 304 g/mol. The van der Waals surface area contributed by atoms with Crippen molar-refractivity contribution in [3.8, 4) is 0 Å². The second-order valence-electron chi connectivity index (χ2n) is 5.30. The fourth-order valence-electron chi connectivity index (χ4n) is 2.41. The van der Waals surface area contributed by atoms with E-state index in [1.54, 1.807) is 0 Å². The molecule has 0 atom stereocenters. The minimum absolute atomic E-state index is 0.0454. The fourth-order valence-corrected chi connectivity index (χ4v) is 2.41. The molecular weight excluding hydrogens is 286 g/mol. The summed E-state index contributed by atoms with van der Waals surface area (Å²) in [4.78, 5) is 11.9. The van der Waals surface area contributed by atoms with E-state index in [9.17, 15) is 13.6 Å². The number of aryl methyl sites for hydroxylation is 3. The molecule has 0 aliphatic rings. The van der Waals surface area contributed by atoms with Crippen LogP contribution in [0.2, 0.25) is 0 Å². The molecule has 0 saturated carbocycles.